The molecule has 0 aliphatic heterocycles. The Kier molecular flexibility index (Phi) is 3.51. The molecule has 0 atom stereocenters. The van der Waals surface area contributed by atoms with Crippen molar-refractivity contribution in [2.45, 2.75) is 19.5 Å². The third-order valence-corrected chi connectivity index (χ3v) is 1.82. The zero-order valence-electron chi connectivity index (χ0n) is 8.80. The molecule has 0 unspecified atom stereocenters. The van der Waals surface area contributed by atoms with Crippen molar-refractivity contribution in [3.8, 4) is 0 Å². The van der Waals surface area contributed by atoms with Crippen LogP contribution in [0.25, 0.3) is 0 Å². The number of aryl methyl sites for hydroxylation is 1. The first-order chi connectivity index (χ1) is 7.33. The van der Waals surface area contributed by atoms with Crippen LogP contribution in [0, 0.1) is 0 Å². The maximum Gasteiger partial charge on any atom is 0.406 e. The molecule has 0 aliphatic rings. The van der Waals surface area contributed by atoms with Crippen LogP contribution in [0.1, 0.15) is 23.4 Å². The van der Waals surface area contributed by atoms with Gasteiger partial charge in [-0.3, -0.25) is 9.89 Å². The summed E-state index contributed by atoms with van der Waals surface area (Å²) in [4.78, 5) is 15.7. The normalized spacial score (nSPS) is 11.6. The maximum absolute atomic E-state index is 12.0. The number of aromatic amines is 1. The molecule has 90 valence electrons. The lowest BCUT2D eigenvalue weighted by Crippen LogP contribution is -2.36. The number of amides is 1. The Morgan fingerprint density at radius 3 is 2.56 bits per heavy atom. The molecular formula is C8H11F3N4O. The molecule has 1 amide bonds. The van der Waals surface area contributed by atoms with Crippen LogP contribution in [0.3, 0.4) is 0 Å². The van der Waals surface area contributed by atoms with E-state index < -0.39 is 18.6 Å². The van der Waals surface area contributed by atoms with Crippen molar-refractivity contribution < 1.29 is 18.0 Å². The lowest BCUT2D eigenvalue weighted by atomic mass is 10.4. The van der Waals surface area contributed by atoms with Gasteiger partial charge in [-0.05, 0) is 0 Å². The molecule has 0 spiro atoms. The molecule has 0 saturated carbocycles. The first-order valence-electron chi connectivity index (χ1n) is 4.57. The third kappa shape index (κ3) is 3.21. The number of alkyl halides is 3. The van der Waals surface area contributed by atoms with E-state index in [1.165, 1.54) is 0 Å². The molecule has 1 heterocycles. The van der Waals surface area contributed by atoms with Crippen molar-refractivity contribution in [1.82, 2.24) is 20.1 Å². The van der Waals surface area contributed by atoms with Crippen LogP contribution in [-0.4, -0.2) is 45.8 Å². The van der Waals surface area contributed by atoms with Gasteiger partial charge in [-0.25, -0.2) is 4.98 Å². The first kappa shape index (κ1) is 12.5. The molecule has 8 heteroatoms. The molecule has 1 aromatic heterocycles. The number of hydrogen-bond donors (Lipinski definition) is 1. The third-order valence-electron chi connectivity index (χ3n) is 1.82. The van der Waals surface area contributed by atoms with E-state index in [0.717, 1.165) is 7.05 Å². The Morgan fingerprint density at radius 1 is 1.50 bits per heavy atom. The van der Waals surface area contributed by atoms with E-state index >= 15 is 0 Å². The highest BCUT2D eigenvalue weighted by Crippen LogP contribution is 2.16. The fourth-order valence-corrected chi connectivity index (χ4v) is 1.06. The van der Waals surface area contributed by atoms with Gasteiger partial charge in [-0.1, -0.05) is 6.92 Å². The van der Waals surface area contributed by atoms with Crippen LogP contribution in [-0.2, 0) is 6.42 Å². The van der Waals surface area contributed by atoms with Crippen molar-refractivity contribution in [2.24, 2.45) is 0 Å². The number of halogens is 3. The van der Waals surface area contributed by atoms with Gasteiger partial charge in [-0.2, -0.15) is 13.2 Å². The van der Waals surface area contributed by atoms with E-state index in [0.29, 0.717) is 17.1 Å². The van der Waals surface area contributed by atoms with E-state index in [1.54, 1.807) is 6.92 Å². The zero-order chi connectivity index (χ0) is 12.3. The molecular weight excluding hydrogens is 225 g/mol. The van der Waals surface area contributed by atoms with Crippen LogP contribution < -0.4 is 0 Å². The summed E-state index contributed by atoms with van der Waals surface area (Å²) in [5.41, 5.74) is 0. The van der Waals surface area contributed by atoms with E-state index in [4.69, 9.17) is 0 Å². The average molecular weight is 236 g/mol. The second-order valence-electron chi connectivity index (χ2n) is 3.24. The van der Waals surface area contributed by atoms with E-state index in [2.05, 4.69) is 15.2 Å². The number of carbonyl (C=O) groups is 1. The van der Waals surface area contributed by atoms with Gasteiger partial charge >= 0.3 is 6.18 Å². The van der Waals surface area contributed by atoms with Crippen LogP contribution in [0.2, 0.25) is 0 Å². The molecule has 0 fully saturated rings. The number of aromatic nitrogens is 3. The largest absolute Gasteiger partial charge is 0.406 e. The lowest BCUT2D eigenvalue weighted by Gasteiger charge is -2.16. The Morgan fingerprint density at radius 2 is 2.12 bits per heavy atom. The zero-order valence-corrected chi connectivity index (χ0v) is 8.80. The number of nitrogens with one attached hydrogen (secondary N) is 1. The molecule has 0 aliphatic carbocycles. The molecule has 1 rings (SSSR count). The molecule has 5 nitrogen and oxygen atoms in total. The van der Waals surface area contributed by atoms with Crippen molar-refractivity contribution in [1.29, 1.82) is 0 Å². The Labute approximate surface area is 89.7 Å². The standard InChI is InChI=1S/C8H11F3N4O/c1-3-5-12-6(14-13-5)7(16)15(2)4-8(9,10)11/h3-4H2,1-2H3,(H,12,13,14). The molecule has 0 aromatic carbocycles. The van der Waals surface area contributed by atoms with Gasteiger partial charge in [0.2, 0.25) is 5.82 Å². The van der Waals surface area contributed by atoms with Gasteiger partial charge in [0, 0.05) is 13.5 Å². The summed E-state index contributed by atoms with van der Waals surface area (Å²) in [5, 5.41) is 6.01. The topological polar surface area (TPSA) is 61.9 Å². The molecule has 0 saturated heterocycles. The van der Waals surface area contributed by atoms with E-state index in [1.807, 2.05) is 0 Å². The molecule has 0 radical (unpaired) electrons. The van der Waals surface area contributed by atoms with E-state index in [9.17, 15) is 18.0 Å². The second kappa shape index (κ2) is 4.50. The summed E-state index contributed by atoms with van der Waals surface area (Å²) in [7, 11) is 1.05. The minimum Gasteiger partial charge on any atom is -0.330 e. The number of H-pyrrole nitrogens is 1. The van der Waals surface area contributed by atoms with E-state index in [-0.39, 0.29) is 5.82 Å². The SMILES string of the molecule is CCc1nc(C(=O)N(C)CC(F)(F)F)n[nH]1. The number of rotatable bonds is 3. The lowest BCUT2D eigenvalue weighted by molar-refractivity contribution is -0.138. The van der Waals surface area contributed by atoms with Crippen molar-refractivity contribution in [3.63, 3.8) is 0 Å². The summed E-state index contributed by atoms with van der Waals surface area (Å²) >= 11 is 0. The number of hydrogen-bond acceptors (Lipinski definition) is 3. The van der Waals surface area contributed by atoms with Crippen molar-refractivity contribution in [2.75, 3.05) is 13.6 Å². The minimum absolute atomic E-state index is 0.247. The fraction of sp³-hybridized carbons (Fsp3) is 0.625. The van der Waals surface area contributed by atoms with Crippen LogP contribution in [0.15, 0.2) is 0 Å². The van der Waals surface area contributed by atoms with Crippen LogP contribution in [0.5, 0.6) is 0 Å². The van der Waals surface area contributed by atoms with Crippen molar-refractivity contribution >= 4 is 5.91 Å². The molecule has 16 heavy (non-hydrogen) atoms. The Balaban J connectivity index is 2.70. The number of carbonyl (C=O) groups excluding carboxylic acids is 1. The van der Waals surface area contributed by atoms with Gasteiger partial charge < -0.3 is 4.90 Å². The summed E-state index contributed by atoms with van der Waals surface area (Å²) in [6.07, 6.45) is -3.89. The highest BCUT2D eigenvalue weighted by molar-refractivity contribution is 5.90. The average Bonchev–Trinajstić information content (AvgIpc) is 2.61. The predicted octanol–water partition coefficient (Wildman–Crippen LogP) is 1.00. The number of nitrogens with zero attached hydrogens (tertiary/aromatic N) is 3. The highest BCUT2D eigenvalue weighted by atomic mass is 19.4. The van der Waals surface area contributed by atoms with Crippen molar-refractivity contribution in [3.05, 3.63) is 11.6 Å². The van der Waals surface area contributed by atoms with Gasteiger partial charge in [0.15, 0.2) is 0 Å². The maximum atomic E-state index is 12.0. The fourth-order valence-electron chi connectivity index (χ4n) is 1.06. The summed E-state index contributed by atoms with van der Waals surface area (Å²) in [6.45, 7) is 0.468. The van der Waals surface area contributed by atoms with Gasteiger partial charge in [0.1, 0.15) is 12.4 Å². The monoisotopic (exact) mass is 236 g/mol. The first-order valence-corrected chi connectivity index (χ1v) is 4.57. The highest BCUT2D eigenvalue weighted by Gasteiger charge is 2.32. The van der Waals surface area contributed by atoms with Gasteiger partial charge in [0.05, 0.1) is 0 Å². The quantitative estimate of drug-likeness (QED) is 0.851. The second-order valence-corrected chi connectivity index (χ2v) is 3.24. The summed E-state index contributed by atoms with van der Waals surface area (Å²) < 4.78 is 36.0. The van der Waals surface area contributed by atoms with Gasteiger partial charge in [-0.15, -0.1) is 5.10 Å². The smallest absolute Gasteiger partial charge is 0.330 e. The van der Waals surface area contributed by atoms with Crippen LogP contribution in [0.4, 0.5) is 13.2 Å². The Bertz CT molecular complexity index is 374. The predicted molar refractivity (Wildman–Crippen MR) is 48.8 cm³/mol. The molecule has 1 N–H and O–H groups in total. The Hall–Kier alpha value is -1.60. The summed E-state index contributed by atoms with van der Waals surface area (Å²) in [6, 6.07) is 0. The summed E-state index contributed by atoms with van der Waals surface area (Å²) in [5.74, 6) is -0.638. The van der Waals surface area contributed by atoms with Crippen LogP contribution >= 0.6 is 0 Å². The molecule has 1 aromatic rings. The van der Waals surface area contributed by atoms with Gasteiger partial charge in [0.25, 0.3) is 5.91 Å². The molecule has 0 bridgehead atoms. The minimum atomic E-state index is -4.42.